The summed E-state index contributed by atoms with van der Waals surface area (Å²) in [5, 5.41) is 14.2. The van der Waals surface area contributed by atoms with Gasteiger partial charge >= 0.3 is 0 Å². The molecule has 4 nitrogen and oxygen atoms in total. The third-order valence-electron chi connectivity index (χ3n) is 3.34. The molecular weight excluding hydrogens is 166 g/mol. The summed E-state index contributed by atoms with van der Waals surface area (Å²) < 4.78 is 1.66. The minimum atomic E-state index is -0.745. The van der Waals surface area contributed by atoms with E-state index in [2.05, 4.69) is 23.9 Å². The van der Waals surface area contributed by atoms with Gasteiger partial charge in [0.05, 0.1) is 0 Å². The third kappa shape index (κ3) is 1.01. The average Bonchev–Trinajstić information content (AvgIpc) is 2.51. The van der Waals surface area contributed by atoms with Crippen LogP contribution in [0.25, 0.3) is 0 Å². The van der Waals surface area contributed by atoms with E-state index in [1.807, 2.05) is 7.05 Å². The Hall–Kier alpha value is -0.900. The molecule has 0 bridgehead atoms. The number of hydrogen-bond donors (Lipinski definition) is 1. The number of nitrogens with zero attached hydrogens (tertiary/aromatic N) is 3. The summed E-state index contributed by atoms with van der Waals surface area (Å²) in [5.41, 5.74) is -0.745. The van der Waals surface area contributed by atoms with Crippen molar-refractivity contribution in [2.75, 3.05) is 0 Å². The predicted molar refractivity (Wildman–Crippen MR) is 47.8 cm³/mol. The van der Waals surface area contributed by atoms with Crippen molar-refractivity contribution in [1.29, 1.82) is 0 Å². The largest absolute Gasteiger partial charge is 0.382 e. The Kier molecular flexibility index (Phi) is 1.70. The van der Waals surface area contributed by atoms with Crippen molar-refractivity contribution in [2.24, 2.45) is 18.9 Å². The number of hydrogen-bond acceptors (Lipinski definition) is 3. The van der Waals surface area contributed by atoms with Crippen LogP contribution in [0.4, 0.5) is 0 Å². The van der Waals surface area contributed by atoms with Gasteiger partial charge in [-0.2, -0.15) is 5.10 Å². The highest BCUT2D eigenvalue weighted by Gasteiger charge is 2.51. The zero-order valence-corrected chi connectivity index (χ0v) is 8.23. The van der Waals surface area contributed by atoms with Crippen LogP contribution in [-0.4, -0.2) is 19.9 Å². The zero-order valence-electron chi connectivity index (χ0n) is 8.23. The number of aliphatic hydroxyl groups is 1. The van der Waals surface area contributed by atoms with E-state index in [0.29, 0.717) is 11.7 Å². The lowest BCUT2D eigenvalue weighted by Gasteiger charge is -2.47. The molecule has 1 aliphatic carbocycles. The molecule has 0 aromatic carbocycles. The smallest absolute Gasteiger partial charge is 0.158 e. The molecule has 72 valence electrons. The van der Waals surface area contributed by atoms with Gasteiger partial charge in [0.25, 0.3) is 0 Å². The summed E-state index contributed by atoms with van der Waals surface area (Å²) in [6, 6.07) is 0. The highest BCUT2D eigenvalue weighted by molar-refractivity contribution is 5.11. The Balaban J connectivity index is 2.32. The van der Waals surface area contributed by atoms with Crippen molar-refractivity contribution in [2.45, 2.75) is 25.9 Å². The van der Waals surface area contributed by atoms with Crippen molar-refractivity contribution in [3.63, 3.8) is 0 Å². The van der Waals surface area contributed by atoms with Crippen LogP contribution in [0.1, 0.15) is 26.1 Å². The highest BCUT2D eigenvalue weighted by atomic mass is 16.3. The lowest BCUT2D eigenvalue weighted by molar-refractivity contribution is -0.140. The first-order valence-electron chi connectivity index (χ1n) is 4.62. The molecule has 0 radical (unpaired) electrons. The summed E-state index contributed by atoms with van der Waals surface area (Å²) in [7, 11) is 1.82. The summed E-state index contributed by atoms with van der Waals surface area (Å²) in [4.78, 5) is 4.10. The van der Waals surface area contributed by atoms with Crippen LogP contribution in [0.3, 0.4) is 0 Å². The van der Waals surface area contributed by atoms with Crippen molar-refractivity contribution in [1.82, 2.24) is 14.8 Å². The van der Waals surface area contributed by atoms with E-state index in [9.17, 15) is 5.11 Å². The Morgan fingerprint density at radius 1 is 1.62 bits per heavy atom. The van der Waals surface area contributed by atoms with Crippen LogP contribution in [0.15, 0.2) is 6.33 Å². The maximum atomic E-state index is 10.3. The van der Waals surface area contributed by atoms with Gasteiger partial charge in [-0.3, -0.25) is 4.68 Å². The van der Waals surface area contributed by atoms with Gasteiger partial charge in [-0.25, -0.2) is 4.98 Å². The minimum Gasteiger partial charge on any atom is -0.382 e. The molecule has 1 aliphatic rings. The highest BCUT2D eigenvalue weighted by Crippen LogP contribution is 2.49. The fraction of sp³-hybridized carbons (Fsp3) is 0.778. The first-order valence-corrected chi connectivity index (χ1v) is 4.62. The summed E-state index contributed by atoms with van der Waals surface area (Å²) in [6.07, 6.45) is 2.28. The van der Waals surface area contributed by atoms with E-state index in [1.165, 1.54) is 6.33 Å². The molecule has 1 N–H and O–H groups in total. The van der Waals surface area contributed by atoms with E-state index in [0.717, 1.165) is 6.42 Å². The summed E-state index contributed by atoms with van der Waals surface area (Å²) in [6.45, 7) is 4.21. The monoisotopic (exact) mass is 181 g/mol. The number of aryl methyl sites for hydroxylation is 1. The van der Waals surface area contributed by atoms with Gasteiger partial charge in [-0.1, -0.05) is 13.8 Å². The van der Waals surface area contributed by atoms with E-state index in [4.69, 9.17) is 0 Å². The molecule has 0 amide bonds. The van der Waals surface area contributed by atoms with Gasteiger partial charge in [0, 0.05) is 7.05 Å². The van der Waals surface area contributed by atoms with Gasteiger partial charge in [-0.15, -0.1) is 0 Å². The Morgan fingerprint density at radius 3 is 2.69 bits per heavy atom. The van der Waals surface area contributed by atoms with Gasteiger partial charge in [0.15, 0.2) is 5.82 Å². The second-order valence-electron chi connectivity index (χ2n) is 4.10. The molecule has 0 aliphatic heterocycles. The quantitative estimate of drug-likeness (QED) is 0.693. The van der Waals surface area contributed by atoms with Gasteiger partial charge in [0.1, 0.15) is 11.9 Å². The van der Waals surface area contributed by atoms with Crippen LogP contribution in [0, 0.1) is 11.8 Å². The molecule has 4 heteroatoms. The van der Waals surface area contributed by atoms with Crippen LogP contribution in [0.2, 0.25) is 0 Å². The first-order chi connectivity index (χ1) is 6.05. The minimum absolute atomic E-state index is 0.274. The molecule has 1 heterocycles. The standard InChI is InChI=1S/C9H15N3O/c1-6-4-9(13,7(6)2)8-10-5-11-12(8)3/h5-7,13H,4H2,1-3H3. The molecule has 13 heavy (non-hydrogen) atoms. The third-order valence-corrected chi connectivity index (χ3v) is 3.34. The van der Waals surface area contributed by atoms with Crippen LogP contribution >= 0.6 is 0 Å². The second-order valence-corrected chi connectivity index (χ2v) is 4.10. The molecule has 3 unspecified atom stereocenters. The molecular formula is C9H15N3O. The van der Waals surface area contributed by atoms with E-state index in [-0.39, 0.29) is 5.92 Å². The van der Waals surface area contributed by atoms with Crippen molar-refractivity contribution in [3.05, 3.63) is 12.2 Å². The van der Waals surface area contributed by atoms with Crippen molar-refractivity contribution >= 4 is 0 Å². The van der Waals surface area contributed by atoms with Gasteiger partial charge in [-0.05, 0) is 18.3 Å². The zero-order chi connectivity index (χ0) is 9.64. The topological polar surface area (TPSA) is 50.9 Å². The predicted octanol–water partition coefficient (Wildman–Crippen LogP) is 0.679. The molecule has 0 spiro atoms. The van der Waals surface area contributed by atoms with Gasteiger partial charge in [0.2, 0.25) is 0 Å². The van der Waals surface area contributed by atoms with E-state index >= 15 is 0 Å². The van der Waals surface area contributed by atoms with Crippen LogP contribution in [-0.2, 0) is 12.6 Å². The first kappa shape index (κ1) is 8.69. The Bertz CT molecular complexity index is 322. The van der Waals surface area contributed by atoms with E-state index in [1.54, 1.807) is 4.68 Å². The fourth-order valence-corrected chi connectivity index (χ4v) is 2.15. The Morgan fingerprint density at radius 2 is 2.31 bits per heavy atom. The molecule has 1 aromatic heterocycles. The average molecular weight is 181 g/mol. The second kappa shape index (κ2) is 2.54. The molecule has 1 fully saturated rings. The molecule has 3 atom stereocenters. The maximum Gasteiger partial charge on any atom is 0.158 e. The van der Waals surface area contributed by atoms with Crippen molar-refractivity contribution in [3.8, 4) is 0 Å². The summed E-state index contributed by atoms with van der Waals surface area (Å²) >= 11 is 0. The van der Waals surface area contributed by atoms with Gasteiger partial charge < -0.3 is 5.11 Å². The fourth-order valence-electron chi connectivity index (χ4n) is 2.15. The molecule has 2 rings (SSSR count). The lowest BCUT2D eigenvalue weighted by atomic mass is 9.62. The van der Waals surface area contributed by atoms with Crippen LogP contribution < -0.4 is 0 Å². The Labute approximate surface area is 77.6 Å². The van der Waals surface area contributed by atoms with Crippen molar-refractivity contribution < 1.29 is 5.11 Å². The SMILES string of the molecule is CC1CC(O)(c2ncnn2C)C1C. The lowest BCUT2D eigenvalue weighted by Crippen LogP contribution is -2.50. The maximum absolute atomic E-state index is 10.3. The molecule has 1 saturated carbocycles. The number of rotatable bonds is 1. The van der Waals surface area contributed by atoms with E-state index < -0.39 is 5.60 Å². The molecule has 0 saturated heterocycles. The number of aromatic nitrogens is 3. The van der Waals surface area contributed by atoms with Crippen LogP contribution in [0.5, 0.6) is 0 Å². The summed E-state index contributed by atoms with van der Waals surface area (Å²) in [5.74, 6) is 1.54. The molecule has 1 aromatic rings. The normalized spacial score (nSPS) is 38.8.